The standard InChI is InChI=1S/C25H23NO6/c1-31-16-8-5-7-15(13-16)14-26-22(19-11-6-12-20(32-2)23(19)27)21(25(29)30)17-9-3-4-10-18(17)24(26)28/h3-13,21-22,27H,14H2,1-2H3,(H,29,30)/t21-,22-/m0/s1. The Morgan fingerprint density at radius 1 is 0.969 bits per heavy atom. The fourth-order valence-electron chi connectivity index (χ4n) is 4.29. The van der Waals surface area contributed by atoms with Crippen molar-refractivity contribution >= 4 is 11.9 Å². The van der Waals surface area contributed by atoms with E-state index < -0.39 is 17.9 Å². The molecule has 1 amide bonds. The van der Waals surface area contributed by atoms with Gasteiger partial charge < -0.3 is 24.6 Å². The Hall–Kier alpha value is -4.00. The number of para-hydroxylation sites is 1. The summed E-state index contributed by atoms with van der Waals surface area (Å²) in [7, 11) is 2.97. The third kappa shape index (κ3) is 3.62. The zero-order valence-electron chi connectivity index (χ0n) is 17.7. The highest BCUT2D eigenvalue weighted by Crippen LogP contribution is 2.47. The minimum absolute atomic E-state index is 0.134. The van der Waals surface area contributed by atoms with Gasteiger partial charge in [0.05, 0.1) is 20.3 Å². The predicted octanol–water partition coefficient (Wildman–Crippen LogP) is 3.97. The van der Waals surface area contributed by atoms with E-state index >= 15 is 0 Å². The van der Waals surface area contributed by atoms with Crippen molar-refractivity contribution in [3.05, 3.63) is 89.0 Å². The number of ether oxygens (including phenoxy) is 2. The Balaban J connectivity index is 1.92. The summed E-state index contributed by atoms with van der Waals surface area (Å²) < 4.78 is 10.5. The number of rotatable bonds is 6. The smallest absolute Gasteiger partial charge is 0.313 e. The zero-order valence-corrected chi connectivity index (χ0v) is 17.7. The van der Waals surface area contributed by atoms with E-state index in [1.165, 1.54) is 12.0 Å². The van der Waals surface area contributed by atoms with Crippen molar-refractivity contribution in [2.75, 3.05) is 14.2 Å². The molecule has 1 aliphatic heterocycles. The molecule has 0 unspecified atom stereocenters. The van der Waals surface area contributed by atoms with Crippen LogP contribution in [0.1, 0.15) is 39.0 Å². The van der Waals surface area contributed by atoms with Gasteiger partial charge in [-0.25, -0.2) is 0 Å². The highest BCUT2D eigenvalue weighted by molar-refractivity contribution is 6.00. The molecular weight excluding hydrogens is 410 g/mol. The number of carbonyl (C=O) groups excluding carboxylic acids is 1. The number of carboxylic acid groups (broad SMARTS) is 1. The first-order valence-electron chi connectivity index (χ1n) is 10.1. The van der Waals surface area contributed by atoms with Gasteiger partial charge in [0, 0.05) is 17.7 Å². The summed E-state index contributed by atoms with van der Waals surface area (Å²) in [5.41, 5.74) is 1.83. The Bertz CT molecular complexity index is 1170. The molecule has 7 nitrogen and oxygen atoms in total. The van der Waals surface area contributed by atoms with Crippen molar-refractivity contribution in [1.82, 2.24) is 4.90 Å². The second kappa shape index (κ2) is 8.63. The molecule has 0 bridgehead atoms. The number of nitrogens with zero attached hydrogens (tertiary/aromatic N) is 1. The van der Waals surface area contributed by atoms with Crippen LogP contribution in [0.15, 0.2) is 66.7 Å². The average Bonchev–Trinajstić information content (AvgIpc) is 2.81. The lowest BCUT2D eigenvalue weighted by atomic mass is 9.79. The van der Waals surface area contributed by atoms with Gasteiger partial charge in [-0.1, -0.05) is 42.5 Å². The van der Waals surface area contributed by atoms with Crippen molar-refractivity contribution in [2.45, 2.75) is 18.5 Å². The molecule has 0 spiro atoms. The van der Waals surface area contributed by atoms with Crippen LogP contribution < -0.4 is 9.47 Å². The quantitative estimate of drug-likeness (QED) is 0.611. The Labute approximate surface area is 185 Å². The lowest BCUT2D eigenvalue weighted by Gasteiger charge is -2.41. The topological polar surface area (TPSA) is 96.3 Å². The van der Waals surface area contributed by atoms with E-state index in [9.17, 15) is 19.8 Å². The van der Waals surface area contributed by atoms with Gasteiger partial charge in [-0.15, -0.1) is 0 Å². The van der Waals surface area contributed by atoms with Crippen molar-refractivity contribution in [2.24, 2.45) is 0 Å². The first kappa shape index (κ1) is 21.2. The van der Waals surface area contributed by atoms with Gasteiger partial charge >= 0.3 is 5.97 Å². The molecule has 1 heterocycles. The first-order chi connectivity index (χ1) is 15.5. The van der Waals surface area contributed by atoms with E-state index in [1.807, 2.05) is 12.1 Å². The number of phenolic OH excluding ortho intramolecular Hbond substituents is 1. The number of hydrogen-bond donors (Lipinski definition) is 2. The van der Waals surface area contributed by atoms with Crippen molar-refractivity contribution in [3.8, 4) is 17.2 Å². The summed E-state index contributed by atoms with van der Waals surface area (Å²) in [6, 6.07) is 17.9. The fraction of sp³-hybridized carbons (Fsp3) is 0.200. The third-order valence-corrected chi connectivity index (χ3v) is 5.76. The minimum Gasteiger partial charge on any atom is -0.504 e. The minimum atomic E-state index is -1.09. The SMILES string of the molecule is COc1cccc(CN2C(=O)c3ccccc3[C@H](C(=O)O)[C@@H]2c2cccc(OC)c2O)c1. The van der Waals surface area contributed by atoms with Crippen molar-refractivity contribution in [1.29, 1.82) is 0 Å². The van der Waals surface area contributed by atoms with E-state index in [1.54, 1.807) is 61.7 Å². The fourth-order valence-corrected chi connectivity index (χ4v) is 4.29. The summed E-state index contributed by atoms with van der Waals surface area (Å²) in [4.78, 5) is 27.6. The maximum absolute atomic E-state index is 13.6. The predicted molar refractivity (Wildman–Crippen MR) is 117 cm³/mol. The Kier molecular flexibility index (Phi) is 5.73. The van der Waals surface area contributed by atoms with Crippen molar-refractivity contribution < 1.29 is 29.3 Å². The molecule has 7 heteroatoms. The van der Waals surface area contributed by atoms with Crippen LogP contribution in [0, 0.1) is 0 Å². The molecule has 3 aromatic rings. The number of aromatic hydroxyl groups is 1. The molecule has 0 radical (unpaired) electrons. The second-order valence-electron chi connectivity index (χ2n) is 7.53. The molecule has 3 aromatic carbocycles. The number of fused-ring (bicyclic) bond motifs is 1. The molecule has 0 aromatic heterocycles. The summed E-state index contributed by atoms with van der Waals surface area (Å²) in [6.07, 6.45) is 0. The van der Waals surface area contributed by atoms with E-state index in [2.05, 4.69) is 0 Å². The van der Waals surface area contributed by atoms with E-state index in [-0.39, 0.29) is 24.0 Å². The van der Waals surface area contributed by atoms with E-state index in [0.717, 1.165) is 5.56 Å². The number of phenols is 1. The van der Waals surface area contributed by atoms with Gasteiger partial charge in [-0.3, -0.25) is 9.59 Å². The van der Waals surface area contributed by atoms with E-state index in [0.29, 0.717) is 22.4 Å². The summed E-state index contributed by atoms with van der Waals surface area (Å²) in [5.74, 6) is -1.83. The molecule has 164 valence electrons. The Morgan fingerprint density at radius 2 is 1.69 bits per heavy atom. The molecule has 2 N–H and O–H groups in total. The normalized spacial score (nSPS) is 17.6. The average molecular weight is 433 g/mol. The molecule has 2 atom stereocenters. The number of amides is 1. The number of carboxylic acids is 1. The lowest BCUT2D eigenvalue weighted by Crippen LogP contribution is -2.44. The molecule has 0 aliphatic carbocycles. The Morgan fingerprint density at radius 3 is 2.41 bits per heavy atom. The first-order valence-corrected chi connectivity index (χ1v) is 10.1. The third-order valence-electron chi connectivity index (χ3n) is 5.76. The highest BCUT2D eigenvalue weighted by Gasteiger charge is 2.45. The van der Waals surface area contributed by atoms with Crippen LogP contribution in [0.3, 0.4) is 0 Å². The second-order valence-corrected chi connectivity index (χ2v) is 7.53. The monoisotopic (exact) mass is 433 g/mol. The summed E-state index contributed by atoms with van der Waals surface area (Å²) in [6.45, 7) is 0.134. The van der Waals surface area contributed by atoms with Crippen LogP contribution >= 0.6 is 0 Å². The number of benzene rings is 3. The summed E-state index contributed by atoms with van der Waals surface area (Å²) >= 11 is 0. The van der Waals surface area contributed by atoms with Gasteiger partial charge in [0.15, 0.2) is 11.5 Å². The molecule has 1 aliphatic rings. The number of aliphatic carboxylic acids is 1. The zero-order chi connectivity index (χ0) is 22.8. The molecular formula is C25H23NO6. The lowest BCUT2D eigenvalue weighted by molar-refractivity contribution is -0.140. The number of carbonyl (C=O) groups is 2. The van der Waals surface area contributed by atoms with Gasteiger partial charge in [0.2, 0.25) is 0 Å². The van der Waals surface area contributed by atoms with Crippen LogP contribution in [0.25, 0.3) is 0 Å². The van der Waals surface area contributed by atoms with Crippen LogP contribution in [0.5, 0.6) is 17.2 Å². The largest absolute Gasteiger partial charge is 0.504 e. The van der Waals surface area contributed by atoms with Gasteiger partial charge in [0.1, 0.15) is 11.7 Å². The van der Waals surface area contributed by atoms with E-state index in [4.69, 9.17) is 9.47 Å². The molecule has 4 rings (SSSR count). The molecule has 0 fully saturated rings. The van der Waals surface area contributed by atoms with Crippen molar-refractivity contribution in [3.63, 3.8) is 0 Å². The number of methoxy groups -OCH3 is 2. The van der Waals surface area contributed by atoms with Gasteiger partial charge in [0.25, 0.3) is 5.91 Å². The van der Waals surface area contributed by atoms with Gasteiger partial charge in [-0.2, -0.15) is 0 Å². The number of hydrogen-bond acceptors (Lipinski definition) is 5. The van der Waals surface area contributed by atoms with Crippen LogP contribution in [0.2, 0.25) is 0 Å². The molecule has 0 saturated heterocycles. The summed E-state index contributed by atoms with van der Waals surface area (Å²) in [5, 5.41) is 21.1. The van der Waals surface area contributed by atoms with Gasteiger partial charge in [-0.05, 0) is 35.4 Å². The maximum Gasteiger partial charge on any atom is 0.313 e. The maximum atomic E-state index is 13.6. The molecule has 0 saturated carbocycles. The van der Waals surface area contributed by atoms with Crippen LogP contribution in [-0.2, 0) is 11.3 Å². The highest BCUT2D eigenvalue weighted by atomic mass is 16.5. The van der Waals surface area contributed by atoms with Crippen LogP contribution in [-0.4, -0.2) is 41.2 Å². The molecule has 32 heavy (non-hydrogen) atoms. The van der Waals surface area contributed by atoms with Crippen LogP contribution in [0.4, 0.5) is 0 Å².